The van der Waals surface area contributed by atoms with Gasteiger partial charge >= 0.3 is 0 Å². The summed E-state index contributed by atoms with van der Waals surface area (Å²) < 4.78 is 5.47. The average Bonchev–Trinajstić information content (AvgIpc) is 3.09. The Morgan fingerprint density at radius 2 is 1.86 bits per heavy atom. The molecule has 0 spiro atoms. The van der Waals surface area contributed by atoms with Crippen LogP contribution >= 0.6 is 0 Å². The minimum atomic E-state index is 0.0912. The second-order valence-corrected chi connectivity index (χ2v) is 5.59. The van der Waals surface area contributed by atoms with Crippen LogP contribution in [-0.4, -0.2) is 10.8 Å². The van der Waals surface area contributed by atoms with E-state index >= 15 is 0 Å². The van der Waals surface area contributed by atoms with Gasteiger partial charge in [0.05, 0.1) is 12.0 Å². The molecule has 1 aliphatic carbocycles. The van der Waals surface area contributed by atoms with E-state index in [2.05, 4.69) is 4.98 Å². The molecule has 4 rings (SSSR count). The van der Waals surface area contributed by atoms with Gasteiger partial charge in [0.25, 0.3) is 0 Å². The number of benzene rings is 1. The van der Waals surface area contributed by atoms with Crippen molar-refractivity contribution in [1.29, 1.82) is 0 Å². The van der Waals surface area contributed by atoms with Crippen molar-refractivity contribution in [1.82, 2.24) is 4.98 Å². The Kier molecular flexibility index (Phi) is 3.11. The number of hydrogen-bond donors (Lipinski definition) is 0. The third-order valence-corrected chi connectivity index (χ3v) is 4.21. The highest BCUT2D eigenvalue weighted by Crippen LogP contribution is 2.36. The molecule has 0 radical (unpaired) electrons. The summed E-state index contributed by atoms with van der Waals surface area (Å²) in [5.41, 5.74) is 3.69. The largest absolute Gasteiger partial charge is 0.469 e. The highest BCUT2D eigenvalue weighted by atomic mass is 16.3. The molecule has 1 aliphatic rings. The Bertz CT molecular complexity index is 807. The fourth-order valence-corrected chi connectivity index (χ4v) is 3.19. The smallest absolute Gasteiger partial charge is 0.166 e. The van der Waals surface area contributed by atoms with Crippen molar-refractivity contribution in [2.75, 3.05) is 0 Å². The minimum Gasteiger partial charge on any atom is -0.469 e. The molecule has 3 aromatic rings. The third-order valence-electron chi connectivity index (χ3n) is 4.21. The van der Waals surface area contributed by atoms with Crippen LogP contribution in [-0.2, 0) is 6.42 Å². The van der Waals surface area contributed by atoms with Crippen LogP contribution < -0.4 is 0 Å². The molecule has 1 atom stereocenters. The lowest BCUT2D eigenvalue weighted by Crippen LogP contribution is -2.20. The van der Waals surface area contributed by atoms with Crippen molar-refractivity contribution in [3.05, 3.63) is 78.0 Å². The molecule has 0 fully saturated rings. The Hall–Kier alpha value is -2.68. The minimum absolute atomic E-state index is 0.0912. The van der Waals surface area contributed by atoms with E-state index in [0.29, 0.717) is 6.42 Å². The van der Waals surface area contributed by atoms with Gasteiger partial charge in [-0.15, -0.1) is 0 Å². The number of ketones is 1. The lowest BCUT2D eigenvalue weighted by molar-refractivity contribution is 0.0960. The van der Waals surface area contributed by atoms with E-state index in [1.165, 1.54) is 0 Å². The molecule has 0 N–H and O–H groups in total. The number of hydrogen-bond acceptors (Lipinski definition) is 3. The number of aromatic nitrogens is 1. The predicted molar refractivity (Wildman–Crippen MR) is 83.8 cm³/mol. The normalized spacial score (nSPS) is 17.3. The number of pyridine rings is 1. The SMILES string of the molecule is O=C1C[C@H](c2ccco2)Cc2nccc(-c3ccccc3)c21. The van der Waals surface area contributed by atoms with Gasteiger partial charge in [-0.1, -0.05) is 30.3 Å². The van der Waals surface area contributed by atoms with E-state index in [1.54, 1.807) is 12.5 Å². The van der Waals surface area contributed by atoms with E-state index in [0.717, 1.165) is 34.6 Å². The number of carbonyl (C=O) groups is 1. The van der Waals surface area contributed by atoms with E-state index in [1.807, 2.05) is 48.5 Å². The van der Waals surface area contributed by atoms with Gasteiger partial charge in [-0.25, -0.2) is 0 Å². The molecule has 2 aromatic heterocycles. The van der Waals surface area contributed by atoms with Crippen LogP contribution in [0.5, 0.6) is 0 Å². The van der Waals surface area contributed by atoms with Gasteiger partial charge in [0.15, 0.2) is 5.78 Å². The first kappa shape index (κ1) is 13.0. The highest BCUT2D eigenvalue weighted by molar-refractivity contribution is 6.04. The van der Waals surface area contributed by atoms with Crippen LogP contribution in [0.3, 0.4) is 0 Å². The first-order valence-corrected chi connectivity index (χ1v) is 7.43. The zero-order valence-corrected chi connectivity index (χ0v) is 12.0. The van der Waals surface area contributed by atoms with Gasteiger partial charge in [-0.3, -0.25) is 9.78 Å². The van der Waals surface area contributed by atoms with Crippen LogP contribution in [0.15, 0.2) is 65.4 Å². The summed E-state index contributed by atoms with van der Waals surface area (Å²) in [6.45, 7) is 0. The molecule has 0 bridgehead atoms. The molecule has 3 nitrogen and oxygen atoms in total. The van der Waals surface area contributed by atoms with E-state index in [4.69, 9.17) is 4.42 Å². The van der Waals surface area contributed by atoms with Crippen molar-refractivity contribution >= 4 is 5.78 Å². The Morgan fingerprint density at radius 3 is 2.64 bits per heavy atom. The second-order valence-electron chi connectivity index (χ2n) is 5.59. The lowest BCUT2D eigenvalue weighted by Gasteiger charge is -2.23. The average molecular weight is 289 g/mol. The van der Waals surface area contributed by atoms with Gasteiger partial charge in [-0.05, 0) is 29.3 Å². The van der Waals surface area contributed by atoms with Gasteiger partial charge < -0.3 is 4.42 Å². The Labute approximate surface area is 128 Å². The molecule has 0 unspecified atom stereocenters. The molecular formula is C19H15NO2. The monoisotopic (exact) mass is 289 g/mol. The van der Waals surface area contributed by atoms with E-state index in [-0.39, 0.29) is 11.7 Å². The van der Waals surface area contributed by atoms with Crippen LogP contribution in [0.4, 0.5) is 0 Å². The Morgan fingerprint density at radius 1 is 1.00 bits per heavy atom. The number of fused-ring (bicyclic) bond motifs is 1. The van der Waals surface area contributed by atoms with Crippen molar-refractivity contribution in [2.45, 2.75) is 18.8 Å². The molecule has 0 saturated heterocycles. The van der Waals surface area contributed by atoms with Crippen LogP contribution in [0, 0.1) is 0 Å². The number of rotatable bonds is 2. The van der Waals surface area contributed by atoms with Gasteiger partial charge in [-0.2, -0.15) is 0 Å². The fraction of sp³-hybridized carbons (Fsp3) is 0.158. The molecule has 0 saturated carbocycles. The third kappa shape index (κ3) is 2.15. The van der Waals surface area contributed by atoms with Crippen molar-refractivity contribution < 1.29 is 9.21 Å². The first-order valence-electron chi connectivity index (χ1n) is 7.43. The zero-order chi connectivity index (χ0) is 14.9. The predicted octanol–water partition coefficient (Wildman–Crippen LogP) is 4.25. The maximum absolute atomic E-state index is 12.7. The molecule has 22 heavy (non-hydrogen) atoms. The fourth-order valence-electron chi connectivity index (χ4n) is 3.19. The number of carbonyl (C=O) groups excluding carboxylic acids is 1. The summed E-state index contributed by atoms with van der Waals surface area (Å²) in [6, 6.07) is 15.7. The summed E-state index contributed by atoms with van der Waals surface area (Å²) in [5.74, 6) is 1.11. The quantitative estimate of drug-likeness (QED) is 0.708. The van der Waals surface area contributed by atoms with Crippen molar-refractivity contribution in [2.24, 2.45) is 0 Å². The van der Waals surface area contributed by atoms with Crippen LogP contribution in [0.25, 0.3) is 11.1 Å². The number of Topliss-reactive ketones (excluding diaryl/α,β-unsaturated/α-hetero) is 1. The maximum Gasteiger partial charge on any atom is 0.166 e. The first-order chi connectivity index (χ1) is 10.8. The van der Waals surface area contributed by atoms with Crippen LogP contribution in [0.1, 0.15) is 34.2 Å². The molecule has 108 valence electrons. The van der Waals surface area contributed by atoms with Gasteiger partial charge in [0, 0.05) is 30.5 Å². The standard InChI is InChI=1S/C19H15NO2/c21-17-12-14(18-7-4-10-22-18)11-16-19(17)15(8-9-20-16)13-5-2-1-3-6-13/h1-10,14H,11-12H2/t14-/m1/s1. The summed E-state index contributed by atoms with van der Waals surface area (Å²) in [6.07, 6.45) is 4.67. The van der Waals surface area contributed by atoms with Crippen molar-refractivity contribution in [3.8, 4) is 11.1 Å². The number of nitrogens with zero attached hydrogens (tertiary/aromatic N) is 1. The Balaban J connectivity index is 1.79. The molecule has 2 heterocycles. The van der Waals surface area contributed by atoms with E-state index < -0.39 is 0 Å². The summed E-state index contributed by atoms with van der Waals surface area (Å²) >= 11 is 0. The van der Waals surface area contributed by atoms with Crippen molar-refractivity contribution in [3.63, 3.8) is 0 Å². The van der Waals surface area contributed by atoms with Crippen LogP contribution in [0.2, 0.25) is 0 Å². The molecule has 3 heteroatoms. The van der Waals surface area contributed by atoms with E-state index in [9.17, 15) is 4.79 Å². The van der Waals surface area contributed by atoms with Gasteiger partial charge in [0.2, 0.25) is 0 Å². The summed E-state index contributed by atoms with van der Waals surface area (Å²) in [7, 11) is 0. The zero-order valence-electron chi connectivity index (χ0n) is 12.0. The topological polar surface area (TPSA) is 43.1 Å². The summed E-state index contributed by atoms with van der Waals surface area (Å²) in [4.78, 5) is 17.2. The molecule has 0 amide bonds. The number of furan rings is 1. The second kappa shape index (κ2) is 5.26. The molecule has 1 aromatic carbocycles. The highest BCUT2D eigenvalue weighted by Gasteiger charge is 2.30. The summed E-state index contributed by atoms with van der Waals surface area (Å²) in [5, 5.41) is 0. The van der Waals surface area contributed by atoms with Gasteiger partial charge in [0.1, 0.15) is 5.76 Å². The lowest BCUT2D eigenvalue weighted by atomic mass is 9.81. The molecular weight excluding hydrogens is 274 g/mol. The maximum atomic E-state index is 12.7. The molecule has 0 aliphatic heterocycles.